The molecule has 128 valence electrons. The number of carbonyl (C=O) groups is 1. The summed E-state index contributed by atoms with van der Waals surface area (Å²) in [6.45, 7) is 0. The molecule has 4 nitrogen and oxygen atoms in total. The van der Waals surface area contributed by atoms with Gasteiger partial charge in [-0.2, -0.15) is 0 Å². The number of hydrogen-bond acceptors (Lipinski definition) is 4. The minimum absolute atomic E-state index is 0.151. The Bertz CT molecular complexity index is 849. The van der Waals surface area contributed by atoms with Crippen LogP contribution >= 0.6 is 11.8 Å². The third kappa shape index (κ3) is 3.69. The standard InChI is InChI=1S/C19H17FN2O2S/c20-13-7-5-12(6-8-13)16-10-9-15(24-16)11-17-18(23)22-19(25-17)21-14-3-1-2-4-14/h5-11,14H,1-4H2,(H,21,22,23)/b17-11-. The van der Waals surface area contributed by atoms with E-state index in [1.54, 1.807) is 24.3 Å². The molecule has 0 atom stereocenters. The highest BCUT2D eigenvalue weighted by Crippen LogP contribution is 2.30. The van der Waals surface area contributed by atoms with Crippen LogP contribution < -0.4 is 5.32 Å². The van der Waals surface area contributed by atoms with Gasteiger partial charge in [0.05, 0.1) is 10.9 Å². The van der Waals surface area contributed by atoms with Gasteiger partial charge >= 0.3 is 0 Å². The average Bonchev–Trinajstić information content (AvgIpc) is 3.32. The second-order valence-corrected chi connectivity index (χ2v) is 7.18. The molecule has 1 saturated heterocycles. The molecule has 4 rings (SSSR count). The molecule has 1 N–H and O–H groups in total. The fourth-order valence-electron chi connectivity index (χ4n) is 3.02. The summed E-state index contributed by atoms with van der Waals surface area (Å²) >= 11 is 1.35. The van der Waals surface area contributed by atoms with E-state index >= 15 is 0 Å². The molecule has 1 amide bonds. The van der Waals surface area contributed by atoms with Crippen LogP contribution in [0.3, 0.4) is 0 Å². The van der Waals surface area contributed by atoms with Gasteiger partial charge in [-0.25, -0.2) is 4.39 Å². The van der Waals surface area contributed by atoms with E-state index in [0.29, 0.717) is 27.6 Å². The molecule has 2 heterocycles. The number of furan rings is 1. The Kier molecular flexibility index (Phi) is 4.44. The van der Waals surface area contributed by atoms with Crippen molar-refractivity contribution in [1.29, 1.82) is 0 Å². The molecule has 1 saturated carbocycles. The molecule has 0 unspecified atom stereocenters. The summed E-state index contributed by atoms with van der Waals surface area (Å²) in [5.41, 5.74) is 0.790. The molecule has 1 aromatic heterocycles. The molecule has 2 aliphatic rings. The lowest BCUT2D eigenvalue weighted by Crippen LogP contribution is -2.21. The molecule has 2 aromatic rings. The lowest BCUT2D eigenvalue weighted by Gasteiger charge is -2.02. The summed E-state index contributed by atoms with van der Waals surface area (Å²) in [4.78, 5) is 17.3. The van der Waals surface area contributed by atoms with Gasteiger partial charge in [0.25, 0.3) is 5.91 Å². The lowest BCUT2D eigenvalue weighted by atomic mass is 10.2. The third-order valence-corrected chi connectivity index (χ3v) is 5.23. The minimum Gasteiger partial charge on any atom is -0.457 e. The first kappa shape index (κ1) is 16.1. The van der Waals surface area contributed by atoms with Crippen LogP contribution in [0.2, 0.25) is 0 Å². The van der Waals surface area contributed by atoms with Gasteiger partial charge in [-0.1, -0.05) is 12.8 Å². The van der Waals surface area contributed by atoms with E-state index in [4.69, 9.17) is 4.42 Å². The number of halogens is 1. The van der Waals surface area contributed by atoms with Crippen molar-refractivity contribution in [3.63, 3.8) is 0 Å². The number of carbonyl (C=O) groups excluding carboxylic acids is 1. The zero-order valence-electron chi connectivity index (χ0n) is 13.5. The molecule has 1 aliphatic carbocycles. The van der Waals surface area contributed by atoms with E-state index in [-0.39, 0.29) is 11.7 Å². The Balaban J connectivity index is 1.51. The van der Waals surface area contributed by atoms with Crippen LogP contribution in [0.4, 0.5) is 4.39 Å². The fourth-order valence-corrected chi connectivity index (χ4v) is 3.89. The van der Waals surface area contributed by atoms with Crippen LogP contribution in [0, 0.1) is 5.82 Å². The van der Waals surface area contributed by atoms with Crippen LogP contribution in [0.25, 0.3) is 17.4 Å². The van der Waals surface area contributed by atoms with Crippen molar-refractivity contribution in [3.8, 4) is 11.3 Å². The van der Waals surface area contributed by atoms with Gasteiger partial charge in [-0.15, -0.1) is 0 Å². The third-order valence-electron chi connectivity index (χ3n) is 4.30. The number of nitrogens with zero attached hydrogens (tertiary/aromatic N) is 1. The Morgan fingerprint density at radius 3 is 2.68 bits per heavy atom. The van der Waals surface area contributed by atoms with Gasteiger partial charge in [0, 0.05) is 11.6 Å². The SMILES string of the molecule is O=C1NC(=NC2CCCC2)S/C1=C\c1ccc(-c2ccc(F)cc2)o1. The Morgan fingerprint density at radius 1 is 1.16 bits per heavy atom. The smallest absolute Gasteiger partial charge is 0.264 e. The average molecular weight is 356 g/mol. The summed E-state index contributed by atoms with van der Waals surface area (Å²) in [6.07, 6.45) is 6.32. The van der Waals surface area contributed by atoms with Crippen molar-refractivity contribution in [2.24, 2.45) is 4.99 Å². The van der Waals surface area contributed by atoms with E-state index in [1.165, 1.54) is 36.7 Å². The van der Waals surface area contributed by atoms with Gasteiger partial charge in [0.1, 0.15) is 17.3 Å². The molecule has 6 heteroatoms. The molecule has 0 bridgehead atoms. The quantitative estimate of drug-likeness (QED) is 0.819. The Morgan fingerprint density at radius 2 is 1.92 bits per heavy atom. The first-order valence-corrected chi connectivity index (χ1v) is 9.13. The minimum atomic E-state index is -0.286. The van der Waals surface area contributed by atoms with E-state index < -0.39 is 0 Å². The normalized spacial score (nSPS) is 21.4. The zero-order valence-corrected chi connectivity index (χ0v) is 14.3. The maximum absolute atomic E-state index is 13.0. The van der Waals surface area contributed by atoms with Crippen molar-refractivity contribution in [1.82, 2.24) is 5.32 Å². The van der Waals surface area contributed by atoms with Crippen LogP contribution in [0.5, 0.6) is 0 Å². The van der Waals surface area contributed by atoms with Crippen LogP contribution in [0.1, 0.15) is 31.4 Å². The van der Waals surface area contributed by atoms with Gasteiger partial charge < -0.3 is 9.73 Å². The van der Waals surface area contributed by atoms with Gasteiger partial charge in [-0.05, 0) is 61.0 Å². The van der Waals surface area contributed by atoms with E-state index in [2.05, 4.69) is 10.3 Å². The summed E-state index contributed by atoms with van der Waals surface area (Å²) in [5, 5.41) is 3.49. The molecule has 0 spiro atoms. The monoisotopic (exact) mass is 356 g/mol. The van der Waals surface area contributed by atoms with Crippen LogP contribution in [-0.4, -0.2) is 17.1 Å². The predicted molar refractivity (Wildman–Crippen MR) is 97.5 cm³/mol. The van der Waals surface area contributed by atoms with Gasteiger partial charge in [-0.3, -0.25) is 9.79 Å². The van der Waals surface area contributed by atoms with Gasteiger partial charge in [0.2, 0.25) is 0 Å². The van der Waals surface area contributed by atoms with Crippen molar-refractivity contribution in [2.45, 2.75) is 31.7 Å². The van der Waals surface area contributed by atoms with Crippen LogP contribution in [-0.2, 0) is 4.79 Å². The molecule has 25 heavy (non-hydrogen) atoms. The summed E-state index contributed by atoms with van der Waals surface area (Å²) in [5.74, 6) is 0.779. The topological polar surface area (TPSA) is 54.6 Å². The molecular weight excluding hydrogens is 339 g/mol. The molecular formula is C19H17FN2O2S. The molecule has 0 radical (unpaired) electrons. The van der Waals surface area contributed by atoms with Crippen molar-refractivity contribution >= 4 is 28.9 Å². The predicted octanol–water partition coefficient (Wildman–Crippen LogP) is 4.59. The number of thioether (sulfide) groups is 1. The highest BCUT2D eigenvalue weighted by molar-refractivity contribution is 8.18. The number of amides is 1. The highest BCUT2D eigenvalue weighted by Gasteiger charge is 2.26. The van der Waals surface area contributed by atoms with E-state index in [9.17, 15) is 9.18 Å². The van der Waals surface area contributed by atoms with Crippen molar-refractivity contribution < 1.29 is 13.6 Å². The largest absolute Gasteiger partial charge is 0.457 e. The fraction of sp³-hybridized carbons (Fsp3) is 0.263. The number of benzene rings is 1. The van der Waals surface area contributed by atoms with Crippen LogP contribution in [0.15, 0.2) is 50.7 Å². The second kappa shape index (κ2) is 6.88. The Labute approximate surface area is 149 Å². The summed E-state index contributed by atoms with van der Waals surface area (Å²) < 4.78 is 18.8. The van der Waals surface area contributed by atoms with Gasteiger partial charge in [0.15, 0.2) is 5.17 Å². The molecule has 1 aromatic carbocycles. The number of nitrogens with one attached hydrogen (secondary N) is 1. The molecule has 2 fully saturated rings. The first-order valence-electron chi connectivity index (χ1n) is 8.32. The second-order valence-electron chi connectivity index (χ2n) is 6.15. The lowest BCUT2D eigenvalue weighted by molar-refractivity contribution is -0.115. The number of amidine groups is 1. The zero-order chi connectivity index (χ0) is 17.2. The highest BCUT2D eigenvalue weighted by atomic mass is 32.2. The number of aliphatic imine (C=N–C) groups is 1. The van der Waals surface area contributed by atoms with Crippen molar-refractivity contribution in [2.75, 3.05) is 0 Å². The first-order chi connectivity index (χ1) is 12.2. The maximum atomic E-state index is 13.0. The number of rotatable bonds is 3. The summed E-state index contributed by atoms with van der Waals surface area (Å²) in [6, 6.07) is 10.0. The Hall–Kier alpha value is -2.34. The van der Waals surface area contributed by atoms with Crippen molar-refractivity contribution in [3.05, 3.63) is 52.9 Å². The van der Waals surface area contributed by atoms with E-state index in [0.717, 1.165) is 18.4 Å². The maximum Gasteiger partial charge on any atom is 0.264 e. The summed E-state index contributed by atoms with van der Waals surface area (Å²) in [7, 11) is 0. The number of hydrogen-bond donors (Lipinski definition) is 1. The van der Waals surface area contributed by atoms with E-state index in [1.807, 2.05) is 6.07 Å². The molecule has 1 aliphatic heterocycles.